The molecule has 0 amide bonds. The summed E-state index contributed by atoms with van der Waals surface area (Å²) in [7, 11) is 0. The second-order valence-electron chi connectivity index (χ2n) is 4.03. The van der Waals surface area contributed by atoms with Crippen molar-refractivity contribution in [2.45, 2.75) is 38.8 Å². The molecular formula is C12H17ClN2O. The molecule has 3 nitrogen and oxygen atoms in total. The molecule has 1 aromatic heterocycles. The van der Waals surface area contributed by atoms with Crippen molar-refractivity contribution in [3.63, 3.8) is 0 Å². The number of nitrogens with one attached hydrogen (secondary N) is 1. The minimum Gasteiger partial charge on any atom is -0.474 e. The maximum absolute atomic E-state index is 6.06. The number of hydrogen-bond acceptors (Lipinski definition) is 3. The number of rotatable bonds is 5. The zero-order chi connectivity index (χ0) is 11.4. The van der Waals surface area contributed by atoms with E-state index in [4.69, 9.17) is 16.3 Å². The molecule has 0 aliphatic heterocycles. The molecule has 1 heterocycles. The van der Waals surface area contributed by atoms with Crippen molar-refractivity contribution in [3.8, 4) is 5.88 Å². The van der Waals surface area contributed by atoms with E-state index < -0.39 is 0 Å². The highest BCUT2D eigenvalue weighted by Gasteiger charge is 2.19. The Hall–Kier alpha value is -0.800. The van der Waals surface area contributed by atoms with Crippen molar-refractivity contribution in [1.82, 2.24) is 10.3 Å². The van der Waals surface area contributed by atoms with Gasteiger partial charge in [-0.2, -0.15) is 0 Å². The highest BCUT2D eigenvalue weighted by molar-refractivity contribution is 6.31. The summed E-state index contributed by atoms with van der Waals surface area (Å²) in [6.07, 6.45) is 3.92. The molecular weight excluding hydrogens is 224 g/mol. The predicted octanol–water partition coefficient (Wildman–Crippen LogP) is 2.78. The third kappa shape index (κ3) is 2.86. The van der Waals surface area contributed by atoms with Gasteiger partial charge in [0.05, 0.1) is 10.7 Å². The van der Waals surface area contributed by atoms with Gasteiger partial charge >= 0.3 is 0 Å². The fourth-order valence-corrected chi connectivity index (χ4v) is 1.73. The summed E-state index contributed by atoms with van der Waals surface area (Å²) >= 11 is 6.06. The van der Waals surface area contributed by atoms with Crippen molar-refractivity contribution in [2.24, 2.45) is 0 Å². The van der Waals surface area contributed by atoms with Gasteiger partial charge in [-0.05, 0) is 31.9 Å². The molecule has 0 aromatic carbocycles. The van der Waals surface area contributed by atoms with E-state index in [0.29, 0.717) is 23.6 Å². The number of halogens is 1. The fraction of sp³-hybridized carbons (Fsp3) is 0.583. The van der Waals surface area contributed by atoms with Crippen LogP contribution in [0.3, 0.4) is 0 Å². The first-order chi connectivity index (χ1) is 7.79. The molecule has 16 heavy (non-hydrogen) atoms. The van der Waals surface area contributed by atoms with Gasteiger partial charge in [0.25, 0.3) is 0 Å². The largest absolute Gasteiger partial charge is 0.474 e. The molecule has 0 radical (unpaired) electrons. The zero-order valence-corrected chi connectivity index (χ0v) is 10.3. The van der Waals surface area contributed by atoms with Gasteiger partial charge in [-0.1, -0.05) is 18.5 Å². The van der Waals surface area contributed by atoms with Gasteiger partial charge in [-0.25, -0.2) is 4.98 Å². The van der Waals surface area contributed by atoms with Crippen LogP contribution in [-0.2, 0) is 6.54 Å². The Kier molecular flexibility index (Phi) is 4.02. The lowest BCUT2D eigenvalue weighted by Crippen LogP contribution is -2.25. The quantitative estimate of drug-likeness (QED) is 0.860. The van der Waals surface area contributed by atoms with Crippen LogP contribution in [0.4, 0.5) is 0 Å². The molecule has 0 spiro atoms. The van der Waals surface area contributed by atoms with Crippen molar-refractivity contribution in [3.05, 3.63) is 22.8 Å². The van der Waals surface area contributed by atoms with E-state index in [-0.39, 0.29) is 0 Å². The second kappa shape index (κ2) is 5.51. The molecule has 1 saturated carbocycles. The molecule has 2 rings (SSSR count). The minimum absolute atomic E-state index is 0.362. The number of ether oxygens (including phenoxy) is 1. The Morgan fingerprint density at radius 3 is 2.94 bits per heavy atom. The van der Waals surface area contributed by atoms with Crippen LogP contribution in [0.1, 0.15) is 31.9 Å². The van der Waals surface area contributed by atoms with E-state index in [1.165, 1.54) is 6.42 Å². The Morgan fingerprint density at radius 1 is 1.50 bits per heavy atom. The van der Waals surface area contributed by atoms with Gasteiger partial charge in [0.2, 0.25) is 5.88 Å². The molecule has 1 fully saturated rings. The third-order valence-electron chi connectivity index (χ3n) is 2.78. The Labute approximate surface area is 101 Å². The Balaban J connectivity index is 2.01. The minimum atomic E-state index is 0.362. The normalized spacial score (nSPS) is 15.9. The van der Waals surface area contributed by atoms with Crippen molar-refractivity contribution in [2.75, 3.05) is 6.54 Å². The van der Waals surface area contributed by atoms with Crippen molar-refractivity contribution < 1.29 is 4.74 Å². The zero-order valence-electron chi connectivity index (χ0n) is 9.50. The van der Waals surface area contributed by atoms with Gasteiger partial charge in [-0.3, -0.25) is 0 Å². The summed E-state index contributed by atoms with van der Waals surface area (Å²) in [4.78, 5) is 4.41. The molecule has 1 aliphatic rings. The number of pyridine rings is 1. The van der Waals surface area contributed by atoms with Crippen molar-refractivity contribution in [1.29, 1.82) is 0 Å². The lowest BCUT2D eigenvalue weighted by Gasteiger charge is -2.25. The molecule has 0 saturated heterocycles. The lowest BCUT2D eigenvalue weighted by atomic mass is 9.96. The number of aromatic nitrogens is 1. The van der Waals surface area contributed by atoms with Gasteiger partial charge < -0.3 is 10.1 Å². The predicted molar refractivity (Wildman–Crippen MR) is 64.9 cm³/mol. The average Bonchev–Trinajstić information content (AvgIpc) is 2.23. The topological polar surface area (TPSA) is 34.2 Å². The van der Waals surface area contributed by atoms with Crippen LogP contribution in [0.15, 0.2) is 12.1 Å². The van der Waals surface area contributed by atoms with Crippen LogP contribution in [0, 0.1) is 0 Å². The maximum atomic E-state index is 6.06. The molecule has 0 unspecified atom stereocenters. The molecule has 1 N–H and O–H groups in total. The van der Waals surface area contributed by atoms with Gasteiger partial charge in [0.15, 0.2) is 0 Å². The first-order valence-electron chi connectivity index (χ1n) is 5.82. The first-order valence-corrected chi connectivity index (χ1v) is 6.20. The smallest absolute Gasteiger partial charge is 0.213 e. The van der Waals surface area contributed by atoms with Crippen molar-refractivity contribution >= 4 is 11.6 Å². The molecule has 0 atom stereocenters. The second-order valence-corrected chi connectivity index (χ2v) is 4.44. The van der Waals surface area contributed by atoms with E-state index >= 15 is 0 Å². The van der Waals surface area contributed by atoms with Crippen LogP contribution < -0.4 is 10.1 Å². The van der Waals surface area contributed by atoms with Crippen LogP contribution in [0.2, 0.25) is 5.02 Å². The van der Waals surface area contributed by atoms with E-state index in [2.05, 4.69) is 17.2 Å². The van der Waals surface area contributed by atoms with Crippen LogP contribution in [0.5, 0.6) is 5.88 Å². The standard InChI is InChI=1S/C12H17ClN2O/c1-2-14-8-11-10(13)6-7-12(15-11)16-9-4-3-5-9/h6-7,9,14H,2-5,8H2,1H3. The van der Waals surface area contributed by atoms with Crippen LogP contribution in [-0.4, -0.2) is 17.6 Å². The van der Waals surface area contributed by atoms with E-state index in [0.717, 1.165) is 25.1 Å². The Bertz CT molecular complexity index is 353. The number of hydrogen-bond donors (Lipinski definition) is 1. The summed E-state index contributed by atoms with van der Waals surface area (Å²) in [5.41, 5.74) is 0.861. The summed E-state index contributed by atoms with van der Waals surface area (Å²) in [6, 6.07) is 3.70. The molecule has 4 heteroatoms. The number of nitrogens with zero attached hydrogens (tertiary/aromatic N) is 1. The third-order valence-corrected chi connectivity index (χ3v) is 3.12. The summed E-state index contributed by atoms with van der Waals surface area (Å²) in [5, 5.41) is 3.91. The van der Waals surface area contributed by atoms with E-state index in [1.54, 1.807) is 0 Å². The average molecular weight is 241 g/mol. The Morgan fingerprint density at radius 2 is 2.31 bits per heavy atom. The van der Waals surface area contributed by atoms with Crippen LogP contribution in [0.25, 0.3) is 0 Å². The monoisotopic (exact) mass is 240 g/mol. The highest BCUT2D eigenvalue weighted by Crippen LogP contribution is 2.25. The van der Waals surface area contributed by atoms with Gasteiger partial charge in [0, 0.05) is 12.6 Å². The highest BCUT2D eigenvalue weighted by atomic mass is 35.5. The summed E-state index contributed by atoms with van der Waals surface area (Å²) in [5.74, 6) is 0.696. The van der Waals surface area contributed by atoms with E-state index in [9.17, 15) is 0 Å². The summed E-state index contributed by atoms with van der Waals surface area (Å²) < 4.78 is 5.73. The molecule has 88 valence electrons. The fourth-order valence-electron chi connectivity index (χ4n) is 1.56. The molecule has 0 bridgehead atoms. The SMILES string of the molecule is CCNCc1nc(OC2CCC2)ccc1Cl. The lowest BCUT2D eigenvalue weighted by molar-refractivity contribution is 0.114. The van der Waals surface area contributed by atoms with E-state index in [1.807, 2.05) is 12.1 Å². The molecule has 1 aliphatic carbocycles. The van der Waals surface area contributed by atoms with Gasteiger partial charge in [0.1, 0.15) is 6.10 Å². The summed E-state index contributed by atoms with van der Waals surface area (Å²) in [6.45, 7) is 3.66. The van der Waals surface area contributed by atoms with Crippen LogP contribution >= 0.6 is 11.6 Å². The van der Waals surface area contributed by atoms with Gasteiger partial charge in [-0.15, -0.1) is 0 Å². The molecule has 1 aromatic rings. The first kappa shape index (κ1) is 11.7. The maximum Gasteiger partial charge on any atom is 0.213 e.